The van der Waals surface area contributed by atoms with Crippen molar-refractivity contribution in [3.63, 3.8) is 0 Å². The SMILES string of the molecule is CC(NC(=O)c1cc(Br)cc(Br)c1)c1nccnc1-c1cnccn1. The van der Waals surface area contributed by atoms with Gasteiger partial charge in [-0.1, -0.05) is 31.9 Å². The van der Waals surface area contributed by atoms with E-state index in [1.807, 2.05) is 13.0 Å². The van der Waals surface area contributed by atoms with Gasteiger partial charge in [-0.2, -0.15) is 0 Å². The van der Waals surface area contributed by atoms with Gasteiger partial charge in [-0.3, -0.25) is 24.7 Å². The quantitative estimate of drug-likeness (QED) is 0.634. The van der Waals surface area contributed by atoms with Crippen LogP contribution in [-0.4, -0.2) is 25.8 Å². The number of carbonyl (C=O) groups is 1. The Kier molecular flexibility index (Phi) is 5.50. The molecule has 1 aromatic carbocycles. The summed E-state index contributed by atoms with van der Waals surface area (Å²) in [5.41, 5.74) is 2.37. The van der Waals surface area contributed by atoms with Gasteiger partial charge < -0.3 is 5.32 Å². The molecule has 25 heavy (non-hydrogen) atoms. The van der Waals surface area contributed by atoms with E-state index in [4.69, 9.17) is 0 Å². The maximum Gasteiger partial charge on any atom is 0.251 e. The third kappa shape index (κ3) is 4.26. The lowest BCUT2D eigenvalue weighted by Gasteiger charge is -2.16. The van der Waals surface area contributed by atoms with Crippen LogP contribution in [0.3, 0.4) is 0 Å². The summed E-state index contributed by atoms with van der Waals surface area (Å²) in [5.74, 6) is -0.203. The van der Waals surface area contributed by atoms with Crippen molar-refractivity contribution in [3.05, 3.63) is 69.4 Å². The van der Waals surface area contributed by atoms with Crippen LogP contribution >= 0.6 is 31.9 Å². The van der Waals surface area contributed by atoms with Crippen LogP contribution in [0.5, 0.6) is 0 Å². The summed E-state index contributed by atoms with van der Waals surface area (Å²) in [4.78, 5) is 29.6. The first-order chi connectivity index (χ1) is 12.0. The fourth-order valence-electron chi connectivity index (χ4n) is 2.32. The van der Waals surface area contributed by atoms with Crippen LogP contribution in [0.25, 0.3) is 11.4 Å². The van der Waals surface area contributed by atoms with Gasteiger partial charge in [0.2, 0.25) is 0 Å². The van der Waals surface area contributed by atoms with E-state index in [-0.39, 0.29) is 11.9 Å². The average molecular weight is 463 g/mol. The van der Waals surface area contributed by atoms with E-state index < -0.39 is 0 Å². The van der Waals surface area contributed by atoms with Crippen molar-refractivity contribution in [1.29, 1.82) is 0 Å². The van der Waals surface area contributed by atoms with E-state index >= 15 is 0 Å². The van der Waals surface area contributed by atoms with E-state index in [0.29, 0.717) is 22.6 Å². The van der Waals surface area contributed by atoms with E-state index in [1.165, 1.54) is 0 Å². The lowest BCUT2D eigenvalue weighted by atomic mass is 10.1. The summed E-state index contributed by atoms with van der Waals surface area (Å²) in [7, 11) is 0. The topological polar surface area (TPSA) is 80.7 Å². The molecule has 1 unspecified atom stereocenters. The Bertz CT molecular complexity index is 884. The minimum Gasteiger partial charge on any atom is -0.344 e. The van der Waals surface area contributed by atoms with Crippen molar-refractivity contribution in [2.45, 2.75) is 13.0 Å². The molecule has 0 saturated carbocycles. The number of carbonyl (C=O) groups excluding carboxylic acids is 1. The highest BCUT2D eigenvalue weighted by atomic mass is 79.9. The summed E-state index contributed by atoms with van der Waals surface area (Å²) in [6.45, 7) is 1.86. The Hall–Kier alpha value is -2.19. The minimum atomic E-state index is -0.351. The van der Waals surface area contributed by atoms with Gasteiger partial charge >= 0.3 is 0 Å². The van der Waals surface area contributed by atoms with Gasteiger partial charge in [-0.25, -0.2) is 0 Å². The van der Waals surface area contributed by atoms with Crippen molar-refractivity contribution in [2.75, 3.05) is 0 Å². The van der Waals surface area contributed by atoms with Crippen molar-refractivity contribution >= 4 is 37.8 Å². The zero-order chi connectivity index (χ0) is 17.8. The summed E-state index contributed by atoms with van der Waals surface area (Å²) in [6.07, 6.45) is 7.99. The van der Waals surface area contributed by atoms with Gasteiger partial charge in [0.05, 0.1) is 17.9 Å². The molecule has 1 atom stereocenters. The molecule has 0 aliphatic carbocycles. The van der Waals surface area contributed by atoms with E-state index in [9.17, 15) is 4.79 Å². The normalized spacial score (nSPS) is 11.8. The zero-order valence-corrected chi connectivity index (χ0v) is 16.3. The molecule has 0 aliphatic rings. The Morgan fingerprint density at radius 1 is 1.00 bits per heavy atom. The molecule has 3 rings (SSSR count). The Morgan fingerprint density at radius 3 is 2.36 bits per heavy atom. The second-order valence-electron chi connectivity index (χ2n) is 5.23. The van der Waals surface area contributed by atoms with Gasteiger partial charge in [0, 0.05) is 39.3 Å². The highest BCUT2D eigenvalue weighted by Gasteiger charge is 2.18. The highest BCUT2D eigenvalue weighted by Crippen LogP contribution is 2.23. The molecule has 2 aromatic heterocycles. The van der Waals surface area contributed by atoms with Crippen molar-refractivity contribution in [1.82, 2.24) is 25.3 Å². The molecule has 2 heterocycles. The predicted molar refractivity (Wildman–Crippen MR) is 101 cm³/mol. The minimum absolute atomic E-state index is 0.203. The van der Waals surface area contributed by atoms with Gasteiger partial charge in [-0.15, -0.1) is 0 Å². The molecule has 126 valence electrons. The molecule has 1 amide bonds. The van der Waals surface area contributed by atoms with Crippen LogP contribution in [0.1, 0.15) is 29.0 Å². The number of amides is 1. The monoisotopic (exact) mass is 461 g/mol. The number of halogens is 2. The molecule has 1 N–H and O–H groups in total. The first-order valence-corrected chi connectivity index (χ1v) is 8.97. The smallest absolute Gasteiger partial charge is 0.251 e. The fraction of sp³-hybridized carbons (Fsp3) is 0.118. The molecule has 0 bridgehead atoms. The van der Waals surface area contributed by atoms with Crippen LogP contribution in [0.2, 0.25) is 0 Å². The van der Waals surface area contributed by atoms with Crippen LogP contribution in [0, 0.1) is 0 Å². The van der Waals surface area contributed by atoms with Crippen LogP contribution in [0.4, 0.5) is 0 Å². The maximum atomic E-state index is 12.6. The third-order valence-corrected chi connectivity index (χ3v) is 4.33. The highest BCUT2D eigenvalue weighted by molar-refractivity contribution is 9.11. The summed E-state index contributed by atoms with van der Waals surface area (Å²) < 4.78 is 1.64. The van der Waals surface area contributed by atoms with Crippen LogP contribution in [-0.2, 0) is 0 Å². The number of benzene rings is 1. The molecular formula is C17H13Br2N5O. The number of hydrogen-bond acceptors (Lipinski definition) is 5. The Balaban J connectivity index is 1.87. The Morgan fingerprint density at radius 2 is 1.68 bits per heavy atom. The average Bonchev–Trinajstić information content (AvgIpc) is 2.61. The summed E-state index contributed by atoms with van der Waals surface area (Å²) >= 11 is 6.77. The maximum absolute atomic E-state index is 12.6. The van der Waals surface area contributed by atoms with Crippen molar-refractivity contribution in [2.24, 2.45) is 0 Å². The van der Waals surface area contributed by atoms with Crippen molar-refractivity contribution < 1.29 is 4.79 Å². The molecule has 6 nitrogen and oxygen atoms in total. The van der Waals surface area contributed by atoms with Gasteiger partial charge in [0.1, 0.15) is 11.4 Å². The number of rotatable bonds is 4. The lowest BCUT2D eigenvalue weighted by Crippen LogP contribution is -2.28. The molecular weight excluding hydrogens is 450 g/mol. The predicted octanol–water partition coefficient (Wildman–Crippen LogP) is 3.95. The number of aromatic nitrogens is 4. The first-order valence-electron chi connectivity index (χ1n) is 7.39. The Labute approximate surface area is 161 Å². The summed E-state index contributed by atoms with van der Waals surface area (Å²) in [6, 6.07) is 5.03. The molecule has 0 saturated heterocycles. The largest absolute Gasteiger partial charge is 0.344 e. The zero-order valence-electron chi connectivity index (χ0n) is 13.1. The van der Waals surface area contributed by atoms with E-state index in [1.54, 1.807) is 43.1 Å². The molecule has 8 heteroatoms. The fourth-order valence-corrected chi connectivity index (χ4v) is 3.61. The molecule has 3 aromatic rings. The van der Waals surface area contributed by atoms with Crippen molar-refractivity contribution in [3.8, 4) is 11.4 Å². The molecule has 0 fully saturated rings. The van der Waals surface area contributed by atoms with Gasteiger partial charge in [0.15, 0.2) is 0 Å². The standard InChI is InChI=1S/C17H13Br2N5O/c1-10(24-17(25)11-6-12(18)8-13(19)7-11)15-16(23-5-4-22-15)14-9-20-2-3-21-14/h2-10H,1H3,(H,24,25). The second-order valence-corrected chi connectivity index (χ2v) is 7.07. The molecule has 0 aliphatic heterocycles. The lowest BCUT2D eigenvalue weighted by molar-refractivity contribution is 0.0939. The number of nitrogens with zero attached hydrogens (tertiary/aromatic N) is 4. The van der Waals surface area contributed by atoms with Gasteiger partial charge in [-0.05, 0) is 25.1 Å². The van der Waals surface area contributed by atoms with E-state index in [0.717, 1.165) is 8.95 Å². The first kappa shape index (κ1) is 17.6. The van der Waals surface area contributed by atoms with Crippen LogP contribution < -0.4 is 5.32 Å². The summed E-state index contributed by atoms with van der Waals surface area (Å²) in [5, 5.41) is 2.95. The number of hydrogen-bond donors (Lipinski definition) is 1. The second kappa shape index (κ2) is 7.79. The van der Waals surface area contributed by atoms with Gasteiger partial charge in [0.25, 0.3) is 5.91 Å². The number of nitrogens with one attached hydrogen (secondary N) is 1. The third-order valence-electron chi connectivity index (χ3n) is 3.41. The van der Waals surface area contributed by atoms with Crippen LogP contribution in [0.15, 0.2) is 58.1 Å². The molecule has 0 radical (unpaired) electrons. The van der Waals surface area contributed by atoms with E-state index in [2.05, 4.69) is 57.1 Å². The molecule has 0 spiro atoms.